The molecule has 0 unspecified atom stereocenters. The number of aromatic nitrogens is 3. The Morgan fingerprint density at radius 1 is 1.59 bits per heavy atom. The van der Waals surface area contributed by atoms with Crippen LogP contribution >= 0.6 is 11.8 Å². The first-order chi connectivity index (χ1) is 8.36. The van der Waals surface area contributed by atoms with Crippen molar-refractivity contribution in [2.75, 3.05) is 16.8 Å². The highest BCUT2D eigenvalue weighted by molar-refractivity contribution is 7.99. The molecule has 2 aromatic heterocycles. The Balaban J connectivity index is 1.97. The SMILES string of the molecule is CCc1cc(N[C@@H]2CCSC2)n2nccc2n1. The molecule has 4 nitrogen and oxygen atoms in total. The van der Waals surface area contributed by atoms with Crippen molar-refractivity contribution in [3.05, 3.63) is 24.0 Å². The van der Waals surface area contributed by atoms with Crippen molar-refractivity contribution in [1.82, 2.24) is 14.6 Å². The van der Waals surface area contributed by atoms with Crippen LogP contribution in [0.4, 0.5) is 5.82 Å². The van der Waals surface area contributed by atoms with E-state index in [9.17, 15) is 0 Å². The largest absolute Gasteiger partial charge is 0.366 e. The predicted molar refractivity (Wildman–Crippen MR) is 71.7 cm³/mol. The molecule has 3 heterocycles. The quantitative estimate of drug-likeness (QED) is 0.904. The molecule has 0 amide bonds. The van der Waals surface area contributed by atoms with E-state index in [4.69, 9.17) is 0 Å². The van der Waals surface area contributed by atoms with Crippen molar-refractivity contribution in [2.45, 2.75) is 25.8 Å². The first kappa shape index (κ1) is 10.9. The summed E-state index contributed by atoms with van der Waals surface area (Å²) >= 11 is 2.01. The van der Waals surface area contributed by atoms with E-state index in [1.54, 1.807) is 6.20 Å². The van der Waals surface area contributed by atoms with Gasteiger partial charge in [-0.3, -0.25) is 0 Å². The molecule has 17 heavy (non-hydrogen) atoms. The summed E-state index contributed by atoms with van der Waals surface area (Å²) in [7, 11) is 0. The average Bonchev–Trinajstić information content (AvgIpc) is 2.98. The van der Waals surface area contributed by atoms with E-state index in [0.717, 1.165) is 23.6 Å². The van der Waals surface area contributed by atoms with E-state index in [2.05, 4.69) is 28.4 Å². The zero-order valence-corrected chi connectivity index (χ0v) is 10.7. The van der Waals surface area contributed by atoms with E-state index in [1.165, 1.54) is 17.9 Å². The van der Waals surface area contributed by atoms with Gasteiger partial charge in [0, 0.05) is 29.6 Å². The number of nitrogens with one attached hydrogen (secondary N) is 1. The highest BCUT2D eigenvalue weighted by atomic mass is 32.2. The van der Waals surface area contributed by atoms with Gasteiger partial charge >= 0.3 is 0 Å². The molecule has 3 rings (SSSR count). The Morgan fingerprint density at radius 3 is 3.29 bits per heavy atom. The number of anilines is 1. The van der Waals surface area contributed by atoms with Crippen LogP contribution in [0, 0.1) is 0 Å². The van der Waals surface area contributed by atoms with Crippen molar-refractivity contribution in [3.8, 4) is 0 Å². The van der Waals surface area contributed by atoms with Crippen LogP contribution < -0.4 is 5.32 Å². The first-order valence-electron chi connectivity index (χ1n) is 6.05. The van der Waals surface area contributed by atoms with Crippen molar-refractivity contribution in [3.63, 3.8) is 0 Å². The summed E-state index contributed by atoms with van der Waals surface area (Å²) in [5.74, 6) is 3.52. The Morgan fingerprint density at radius 2 is 2.53 bits per heavy atom. The fourth-order valence-corrected chi connectivity index (χ4v) is 3.26. The Hall–Kier alpha value is -1.23. The van der Waals surface area contributed by atoms with Crippen LogP contribution in [0.1, 0.15) is 19.0 Å². The van der Waals surface area contributed by atoms with Crippen LogP contribution in [-0.4, -0.2) is 32.1 Å². The molecule has 0 spiro atoms. The molecule has 1 fully saturated rings. The van der Waals surface area contributed by atoms with E-state index in [1.807, 2.05) is 22.3 Å². The van der Waals surface area contributed by atoms with E-state index >= 15 is 0 Å². The molecule has 0 radical (unpaired) electrons. The number of aryl methyl sites for hydroxylation is 1. The number of thioether (sulfide) groups is 1. The van der Waals surface area contributed by atoms with Gasteiger partial charge in [0.15, 0.2) is 5.65 Å². The van der Waals surface area contributed by atoms with Gasteiger partial charge in [-0.2, -0.15) is 21.4 Å². The molecule has 1 aliphatic rings. The number of nitrogens with zero attached hydrogens (tertiary/aromatic N) is 3. The fourth-order valence-electron chi connectivity index (χ4n) is 2.11. The summed E-state index contributed by atoms with van der Waals surface area (Å²) in [6, 6.07) is 4.64. The van der Waals surface area contributed by atoms with Gasteiger partial charge < -0.3 is 5.32 Å². The Kier molecular flexibility index (Phi) is 2.93. The Labute approximate surface area is 105 Å². The molecule has 0 saturated carbocycles. The molecule has 0 bridgehead atoms. The zero-order chi connectivity index (χ0) is 11.7. The topological polar surface area (TPSA) is 42.2 Å². The summed E-state index contributed by atoms with van der Waals surface area (Å²) in [5.41, 5.74) is 2.05. The fraction of sp³-hybridized carbons (Fsp3) is 0.500. The number of hydrogen-bond acceptors (Lipinski definition) is 4. The van der Waals surface area contributed by atoms with Crippen molar-refractivity contribution >= 4 is 23.2 Å². The number of fused-ring (bicyclic) bond motifs is 1. The lowest BCUT2D eigenvalue weighted by atomic mass is 10.2. The molecular weight excluding hydrogens is 232 g/mol. The second-order valence-corrected chi connectivity index (χ2v) is 5.44. The molecule has 0 aliphatic carbocycles. The maximum atomic E-state index is 4.54. The second-order valence-electron chi connectivity index (χ2n) is 4.29. The predicted octanol–water partition coefficient (Wildman–Crippen LogP) is 2.21. The van der Waals surface area contributed by atoms with E-state index in [-0.39, 0.29) is 0 Å². The van der Waals surface area contributed by atoms with Crippen molar-refractivity contribution < 1.29 is 0 Å². The van der Waals surface area contributed by atoms with Gasteiger partial charge in [0.2, 0.25) is 0 Å². The highest BCUT2D eigenvalue weighted by Gasteiger charge is 2.16. The molecule has 1 saturated heterocycles. The molecule has 1 N–H and O–H groups in total. The van der Waals surface area contributed by atoms with Crippen molar-refractivity contribution in [1.29, 1.82) is 0 Å². The summed E-state index contributed by atoms with van der Waals surface area (Å²) in [6.07, 6.45) is 3.99. The van der Waals surface area contributed by atoms with Gasteiger partial charge in [0.25, 0.3) is 0 Å². The van der Waals surface area contributed by atoms with Crippen LogP contribution in [0.25, 0.3) is 5.65 Å². The molecule has 90 valence electrons. The number of rotatable bonds is 3. The van der Waals surface area contributed by atoms with Crippen molar-refractivity contribution in [2.24, 2.45) is 0 Å². The average molecular weight is 248 g/mol. The van der Waals surface area contributed by atoms with Gasteiger partial charge in [0.1, 0.15) is 5.82 Å². The molecule has 2 aromatic rings. The van der Waals surface area contributed by atoms with Gasteiger partial charge in [-0.15, -0.1) is 0 Å². The van der Waals surface area contributed by atoms with Crippen LogP contribution in [0.3, 0.4) is 0 Å². The van der Waals surface area contributed by atoms with Crippen LogP contribution in [0.2, 0.25) is 0 Å². The number of hydrogen-bond donors (Lipinski definition) is 1. The standard InChI is InChI=1S/C12H16N4S/c1-2-9-7-12(15-10-4-6-17-8-10)16-11(14-9)3-5-13-16/h3,5,7,10,15H,2,4,6,8H2,1H3/t10-/m1/s1. The molecule has 5 heteroatoms. The molecule has 1 atom stereocenters. The van der Waals surface area contributed by atoms with Gasteiger partial charge in [-0.1, -0.05) is 6.92 Å². The van der Waals surface area contributed by atoms with E-state index in [0.29, 0.717) is 6.04 Å². The lowest BCUT2D eigenvalue weighted by molar-refractivity contribution is 0.788. The third-order valence-electron chi connectivity index (χ3n) is 3.06. The third-order valence-corrected chi connectivity index (χ3v) is 4.22. The lowest BCUT2D eigenvalue weighted by Gasteiger charge is -2.14. The summed E-state index contributed by atoms with van der Waals surface area (Å²) < 4.78 is 1.89. The smallest absolute Gasteiger partial charge is 0.157 e. The second kappa shape index (κ2) is 4.56. The monoisotopic (exact) mass is 248 g/mol. The van der Waals surface area contributed by atoms with Gasteiger partial charge in [0.05, 0.1) is 6.20 Å². The summed E-state index contributed by atoms with van der Waals surface area (Å²) in [4.78, 5) is 4.54. The highest BCUT2D eigenvalue weighted by Crippen LogP contribution is 2.22. The molecule has 1 aliphatic heterocycles. The molecular formula is C12H16N4S. The minimum absolute atomic E-state index is 0.569. The minimum Gasteiger partial charge on any atom is -0.366 e. The maximum Gasteiger partial charge on any atom is 0.157 e. The van der Waals surface area contributed by atoms with Gasteiger partial charge in [-0.25, -0.2) is 4.98 Å². The van der Waals surface area contributed by atoms with Crippen LogP contribution in [0.15, 0.2) is 18.3 Å². The zero-order valence-electron chi connectivity index (χ0n) is 9.89. The molecule has 0 aromatic carbocycles. The first-order valence-corrected chi connectivity index (χ1v) is 7.20. The third kappa shape index (κ3) is 2.11. The Bertz CT molecular complexity index is 516. The van der Waals surface area contributed by atoms with Crippen LogP contribution in [-0.2, 0) is 6.42 Å². The van der Waals surface area contributed by atoms with Gasteiger partial charge in [-0.05, 0) is 18.6 Å². The van der Waals surface area contributed by atoms with E-state index < -0.39 is 0 Å². The lowest BCUT2D eigenvalue weighted by Crippen LogP contribution is -2.20. The summed E-state index contributed by atoms with van der Waals surface area (Å²) in [5, 5.41) is 7.91. The minimum atomic E-state index is 0.569. The maximum absolute atomic E-state index is 4.54. The van der Waals surface area contributed by atoms with Crippen LogP contribution in [0.5, 0.6) is 0 Å². The normalized spacial score (nSPS) is 19.9. The summed E-state index contributed by atoms with van der Waals surface area (Å²) in [6.45, 7) is 2.13.